The molecule has 1 aliphatic rings. The molecule has 0 saturated heterocycles. The van der Waals surface area contributed by atoms with Crippen LogP contribution < -0.4 is 0 Å². The van der Waals surface area contributed by atoms with E-state index < -0.39 is 0 Å². The van der Waals surface area contributed by atoms with Gasteiger partial charge in [-0.15, -0.1) is 0 Å². The molecule has 3 aromatic rings. The summed E-state index contributed by atoms with van der Waals surface area (Å²) in [5, 5.41) is 10.8. The monoisotopic (exact) mass is 434 g/mol. The van der Waals surface area contributed by atoms with E-state index in [4.69, 9.17) is 0 Å². The van der Waals surface area contributed by atoms with Crippen molar-refractivity contribution in [3.8, 4) is 0 Å². The van der Waals surface area contributed by atoms with Crippen LogP contribution in [0.4, 0.5) is 0 Å². The molecule has 2 heterocycles. The van der Waals surface area contributed by atoms with Gasteiger partial charge in [-0.1, -0.05) is 57.9 Å². The van der Waals surface area contributed by atoms with Gasteiger partial charge in [0, 0.05) is 29.0 Å². The molecular formula is C23H19BrN2O2. The van der Waals surface area contributed by atoms with E-state index in [0.717, 1.165) is 26.7 Å². The van der Waals surface area contributed by atoms with Gasteiger partial charge in [0.05, 0.1) is 6.04 Å². The van der Waals surface area contributed by atoms with Gasteiger partial charge in [0.2, 0.25) is 0 Å². The highest BCUT2D eigenvalue weighted by molar-refractivity contribution is 9.10. The fraction of sp³-hybridized carbons (Fsp3) is 0.130. The molecule has 140 valence electrons. The largest absolute Gasteiger partial charge is 0.503 e. The second-order valence-corrected chi connectivity index (χ2v) is 7.79. The van der Waals surface area contributed by atoms with E-state index in [1.165, 1.54) is 0 Å². The van der Waals surface area contributed by atoms with Crippen LogP contribution in [0.15, 0.2) is 83.3 Å². The average Bonchev–Trinajstić information content (AvgIpc) is 2.94. The number of aliphatic hydroxyl groups is 1. The Morgan fingerprint density at radius 1 is 1.07 bits per heavy atom. The molecule has 1 amide bonds. The number of amides is 1. The average molecular weight is 435 g/mol. The number of hydrogen-bond donors (Lipinski definition) is 1. The topological polar surface area (TPSA) is 53.4 Å². The number of carbonyl (C=O) groups excluding carboxylic acids is 1. The van der Waals surface area contributed by atoms with Gasteiger partial charge in [-0.25, -0.2) is 0 Å². The summed E-state index contributed by atoms with van der Waals surface area (Å²) in [7, 11) is 0. The first-order chi connectivity index (χ1) is 13.5. The Hall–Kier alpha value is -2.92. The number of aromatic nitrogens is 1. The van der Waals surface area contributed by atoms with Crippen LogP contribution in [0.5, 0.6) is 0 Å². The van der Waals surface area contributed by atoms with Crippen LogP contribution in [0, 0.1) is 6.92 Å². The van der Waals surface area contributed by atoms with Crippen molar-refractivity contribution in [3.63, 3.8) is 0 Å². The molecule has 1 N–H and O–H groups in total. The minimum Gasteiger partial charge on any atom is -0.503 e. The quantitative estimate of drug-likeness (QED) is 0.613. The van der Waals surface area contributed by atoms with Crippen LogP contribution >= 0.6 is 15.9 Å². The lowest BCUT2D eigenvalue weighted by Gasteiger charge is -2.27. The summed E-state index contributed by atoms with van der Waals surface area (Å²) in [5.74, 6) is -0.555. The van der Waals surface area contributed by atoms with Crippen molar-refractivity contribution in [2.45, 2.75) is 19.5 Å². The van der Waals surface area contributed by atoms with Crippen LogP contribution in [0.25, 0.3) is 5.57 Å². The predicted molar refractivity (Wildman–Crippen MR) is 112 cm³/mol. The summed E-state index contributed by atoms with van der Waals surface area (Å²) in [6, 6.07) is 19.1. The molecule has 1 atom stereocenters. The molecule has 0 fully saturated rings. The van der Waals surface area contributed by atoms with Crippen molar-refractivity contribution in [3.05, 3.63) is 106 Å². The zero-order valence-electron chi connectivity index (χ0n) is 15.3. The summed E-state index contributed by atoms with van der Waals surface area (Å²) in [6.45, 7) is 2.40. The molecule has 0 aliphatic carbocycles. The second kappa shape index (κ2) is 7.60. The molecule has 0 saturated carbocycles. The Morgan fingerprint density at radius 3 is 2.46 bits per heavy atom. The van der Waals surface area contributed by atoms with Gasteiger partial charge in [-0.3, -0.25) is 9.78 Å². The summed E-state index contributed by atoms with van der Waals surface area (Å²) in [6.07, 6.45) is 3.41. The van der Waals surface area contributed by atoms with Crippen molar-refractivity contribution in [2.75, 3.05) is 0 Å². The highest BCUT2D eigenvalue weighted by Crippen LogP contribution is 2.44. The normalized spacial score (nSPS) is 16.7. The molecule has 28 heavy (non-hydrogen) atoms. The Labute approximate surface area is 172 Å². The summed E-state index contributed by atoms with van der Waals surface area (Å²) in [5.41, 5.74) is 4.51. The lowest BCUT2D eigenvalue weighted by atomic mass is 9.93. The zero-order valence-corrected chi connectivity index (χ0v) is 16.9. The van der Waals surface area contributed by atoms with Gasteiger partial charge in [0.25, 0.3) is 5.91 Å². The number of aryl methyl sites for hydroxylation is 1. The molecule has 0 bridgehead atoms. The van der Waals surface area contributed by atoms with Crippen LogP contribution in [0.2, 0.25) is 0 Å². The predicted octanol–water partition coefficient (Wildman–Crippen LogP) is 5.21. The van der Waals surface area contributed by atoms with Gasteiger partial charge in [-0.05, 0) is 47.9 Å². The number of aliphatic hydroxyl groups excluding tert-OH is 1. The standard InChI is InChI=1S/C23H19BrN2O2/c1-15-5-7-17(8-6-15)20-21(18-3-2-4-19(24)13-18)26(23(28)22(20)27)14-16-9-11-25-12-10-16/h2-13,21,27H,14H2,1H3/t21-/m1/s1. The molecule has 1 aromatic heterocycles. The molecule has 4 nitrogen and oxygen atoms in total. The van der Waals surface area contributed by atoms with E-state index in [1.807, 2.05) is 67.6 Å². The van der Waals surface area contributed by atoms with Crippen LogP contribution in [0.1, 0.15) is 28.3 Å². The van der Waals surface area contributed by atoms with Gasteiger partial charge >= 0.3 is 0 Å². The Balaban J connectivity index is 1.83. The Morgan fingerprint density at radius 2 is 1.79 bits per heavy atom. The number of halogens is 1. The number of rotatable bonds is 4. The van der Waals surface area contributed by atoms with E-state index in [-0.39, 0.29) is 17.7 Å². The summed E-state index contributed by atoms with van der Waals surface area (Å²) in [4.78, 5) is 18.8. The van der Waals surface area contributed by atoms with Gasteiger partial charge in [-0.2, -0.15) is 0 Å². The van der Waals surface area contributed by atoms with Crippen LogP contribution in [-0.4, -0.2) is 20.9 Å². The molecule has 0 radical (unpaired) electrons. The minimum absolute atomic E-state index is 0.192. The van der Waals surface area contributed by atoms with Crippen molar-refractivity contribution in [1.82, 2.24) is 9.88 Å². The maximum absolute atomic E-state index is 13.0. The van der Waals surface area contributed by atoms with Gasteiger partial charge in [0.1, 0.15) is 0 Å². The maximum Gasteiger partial charge on any atom is 0.290 e. The van der Waals surface area contributed by atoms with E-state index in [9.17, 15) is 9.90 Å². The number of nitrogens with zero attached hydrogens (tertiary/aromatic N) is 2. The van der Waals surface area contributed by atoms with Gasteiger partial charge < -0.3 is 10.0 Å². The number of benzene rings is 2. The smallest absolute Gasteiger partial charge is 0.290 e. The van der Waals surface area contributed by atoms with E-state index in [0.29, 0.717) is 12.1 Å². The fourth-order valence-corrected chi connectivity index (χ4v) is 3.97. The van der Waals surface area contributed by atoms with Crippen molar-refractivity contribution in [2.24, 2.45) is 0 Å². The molecule has 5 heteroatoms. The van der Waals surface area contributed by atoms with Crippen LogP contribution in [0.3, 0.4) is 0 Å². The summed E-state index contributed by atoms with van der Waals surface area (Å²) >= 11 is 3.52. The fourth-order valence-electron chi connectivity index (χ4n) is 3.55. The lowest BCUT2D eigenvalue weighted by Crippen LogP contribution is -2.29. The molecule has 2 aromatic carbocycles. The highest BCUT2D eigenvalue weighted by atomic mass is 79.9. The van der Waals surface area contributed by atoms with Crippen molar-refractivity contribution < 1.29 is 9.90 Å². The molecule has 4 rings (SSSR count). The Kier molecular flexibility index (Phi) is 5.01. The molecular weight excluding hydrogens is 416 g/mol. The van der Waals surface area contributed by atoms with Crippen molar-refractivity contribution >= 4 is 27.4 Å². The van der Waals surface area contributed by atoms with Crippen molar-refractivity contribution in [1.29, 1.82) is 0 Å². The van der Waals surface area contributed by atoms with Gasteiger partial charge in [0.15, 0.2) is 5.76 Å². The third kappa shape index (κ3) is 3.45. The zero-order chi connectivity index (χ0) is 19.7. The number of carbonyl (C=O) groups is 1. The number of pyridine rings is 1. The third-order valence-electron chi connectivity index (χ3n) is 4.93. The SMILES string of the molecule is Cc1ccc(C2=C(O)C(=O)N(Cc3ccncc3)[C@@H]2c2cccc(Br)c2)cc1. The Bertz CT molecular complexity index is 1050. The molecule has 0 spiro atoms. The summed E-state index contributed by atoms with van der Waals surface area (Å²) < 4.78 is 0.927. The number of hydrogen-bond acceptors (Lipinski definition) is 3. The minimum atomic E-state index is -0.374. The molecule has 0 unspecified atom stereocenters. The van der Waals surface area contributed by atoms with E-state index >= 15 is 0 Å². The van der Waals surface area contributed by atoms with E-state index in [2.05, 4.69) is 20.9 Å². The third-order valence-corrected chi connectivity index (χ3v) is 5.43. The molecule has 1 aliphatic heterocycles. The first kappa shape index (κ1) is 18.4. The maximum atomic E-state index is 13.0. The first-order valence-corrected chi connectivity index (χ1v) is 9.79. The lowest BCUT2D eigenvalue weighted by molar-refractivity contribution is -0.130. The van der Waals surface area contributed by atoms with E-state index in [1.54, 1.807) is 17.3 Å². The second-order valence-electron chi connectivity index (χ2n) is 6.87. The van der Waals surface area contributed by atoms with Crippen LogP contribution in [-0.2, 0) is 11.3 Å². The highest BCUT2D eigenvalue weighted by Gasteiger charge is 2.41. The first-order valence-electron chi connectivity index (χ1n) is 9.00.